The number of anilines is 2. The summed E-state index contributed by atoms with van der Waals surface area (Å²) in [5, 5.41) is 2.22. The molecule has 0 aliphatic carbocycles. The number of halogens is 4. The second-order valence-electron chi connectivity index (χ2n) is 5.24. The Kier molecular flexibility index (Phi) is 4.08. The Morgan fingerprint density at radius 2 is 2.17 bits per heavy atom. The summed E-state index contributed by atoms with van der Waals surface area (Å²) >= 11 is 5.77. The summed E-state index contributed by atoms with van der Waals surface area (Å²) in [6.45, 7) is 0. The van der Waals surface area contributed by atoms with Crippen molar-refractivity contribution in [3.8, 4) is 0 Å². The molecule has 0 aromatic carbocycles. The van der Waals surface area contributed by atoms with Crippen LogP contribution >= 0.6 is 11.6 Å². The molecule has 0 saturated carbocycles. The van der Waals surface area contributed by atoms with Crippen LogP contribution in [0.4, 0.5) is 24.7 Å². The zero-order chi connectivity index (χ0) is 17.5. The molecule has 0 spiro atoms. The molecule has 9 heteroatoms. The number of pyridine rings is 2. The fourth-order valence-electron chi connectivity index (χ4n) is 2.71. The number of carbonyl (C=O) groups is 1. The molecule has 1 aliphatic rings. The van der Waals surface area contributed by atoms with E-state index in [1.54, 1.807) is 12.3 Å². The summed E-state index contributed by atoms with van der Waals surface area (Å²) in [6.07, 6.45) is -1.16. The van der Waals surface area contributed by atoms with Crippen LogP contribution in [-0.4, -0.2) is 29.0 Å². The summed E-state index contributed by atoms with van der Waals surface area (Å²) in [5.41, 5.74) is 0.415. The maximum atomic E-state index is 13.1. The molecule has 1 atom stereocenters. The standard InChI is InChI=1S/C15H12ClF3N4O/c1-20-14(24)11-4-8-7-21-3-2-10(8)23(11)13-6-9(15(17,18)19)5-12(16)22-13/h2-3,5-7,11H,4H2,1H3,(H,20,24). The van der Waals surface area contributed by atoms with Crippen molar-refractivity contribution in [1.82, 2.24) is 15.3 Å². The highest BCUT2D eigenvalue weighted by atomic mass is 35.5. The van der Waals surface area contributed by atoms with E-state index in [1.165, 1.54) is 18.1 Å². The Bertz CT molecular complexity index is 797. The van der Waals surface area contributed by atoms with Crippen LogP contribution in [0.1, 0.15) is 11.1 Å². The number of aromatic nitrogens is 2. The van der Waals surface area contributed by atoms with Crippen molar-refractivity contribution in [3.63, 3.8) is 0 Å². The highest BCUT2D eigenvalue weighted by Gasteiger charge is 2.38. The molecule has 0 saturated heterocycles. The molecule has 3 rings (SSSR count). The van der Waals surface area contributed by atoms with Gasteiger partial charge in [-0.1, -0.05) is 11.6 Å². The van der Waals surface area contributed by atoms with Crippen molar-refractivity contribution in [2.75, 3.05) is 11.9 Å². The van der Waals surface area contributed by atoms with Crippen LogP contribution in [0.5, 0.6) is 0 Å². The first-order valence-electron chi connectivity index (χ1n) is 6.99. The van der Waals surface area contributed by atoms with E-state index >= 15 is 0 Å². The number of amides is 1. The van der Waals surface area contributed by atoms with Gasteiger partial charge in [-0.25, -0.2) is 4.98 Å². The molecule has 5 nitrogen and oxygen atoms in total. The van der Waals surface area contributed by atoms with E-state index in [2.05, 4.69) is 15.3 Å². The third kappa shape index (κ3) is 2.89. The first-order chi connectivity index (χ1) is 11.3. The SMILES string of the molecule is CNC(=O)C1Cc2cnccc2N1c1cc(C(F)(F)F)cc(Cl)n1. The second kappa shape index (κ2) is 5.94. The lowest BCUT2D eigenvalue weighted by Crippen LogP contribution is -2.42. The van der Waals surface area contributed by atoms with E-state index in [0.717, 1.165) is 17.7 Å². The van der Waals surface area contributed by atoms with Crippen LogP contribution in [0.25, 0.3) is 0 Å². The highest BCUT2D eigenvalue weighted by molar-refractivity contribution is 6.29. The largest absolute Gasteiger partial charge is 0.416 e. The molecule has 2 aromatic heterocycles. The topological polar surface area (TPSA) is 58.1 Å². The predicted molar refractivity (Wildman–Crippen MR) is 82.2 cm³/mol. The summed E-state index contributed by atoms with van der Waals surface area (Å²) < 4.78 is 39.2. The fourth-order valence-corrected chi connectivity index (χ4v) is 2.91. The Morgan fingerprint density at radius 1 is 1.42 bits per heavy atom. The summed E-state index contributed by atoms with van der Waals surface area (Å²) in [5.74, 6) is -0.366. The number of nitrogens with zero attached hydrogens (tertiary/aromatic N) is 3. The van der Waals surface area contributed by atoms with Gasteiger partial charge in [-0.15, -0.1) is 0 Å². The van der Waals surface area contributed by atoms with Crippen molar-refractivity contribution in [2.45, 2.75) is 18.6 Å². The summed E-state index contributed by atoms with van der Waals surface area (Å²) in [7, 11) is 1.47. The fraction of sp³-hybridized carbons (Fsp3) is 0.267. The molecule has 1 unspecified atom stereocenters. The zero-order valence-corrected chi connectivity index (χ0v) is 13.2. The molecule has 0 bridgehead atoms. The number of hydrogen-bond donors (Lipinski definition) is 1. The molecule has 24 heavy (non-hydrogen) atoms. The molecule has 2 aromatic rings. The first kappa shape index (κ1) is 16.5. The second-order valence-corrected chi connectivity index (χ2v) is 5.63. The van der Waals surface area contributed by atoms with E-state index in [1.807, 2.05) is 0 Å². The maximum Gasteiger partial charge on any atom is 0.416 e. The molecular formula is C15H12ClF3N4O. The molecule has 126 valence electrons. The van der Waals surface area contributed by atoms with E-state index in [-0.39, 0.29) is 16.9 Å². The molecule has 1 amide bonds. The maximum absolute atomic E-state index is 13.1. The van der Waals surface area contributed by atoms with E-state index in [9.17, 15) is 18.0 Å². The van der Waals surface area contributed by atoms with Gasteiger partial charge in [0.1, 0.15) is 17.0 Å². The lowest BCUT2D eigenvalue weighted by Gasteiger charge is -2.26. The minimum Gasteiger partial charge on any atom is -0.357 e. The Hall–Kier alpha value is -2.35. The number of rotatable bonds is 2. The van der Waals surface area contributed by atoms with Crippen molar-refractivity contribution >= 4 is 29.0 Å². The molecule has 0 fully saturated rings. The Balaban J connectivity index is 2.14. The number of alkyl halides is 3. The van der Waals surface area contributed by atoms with Crippen LogP contribution in [0.15, 0.2) is 30.6 Å². The number of hydrogen-bond acceptors (Lipinski definition) is 4. The normalized spacial score (nSPS) is 16.9. The molecule has 1 aliphatic heterocycles. The van der Waals surface area contributed by atoms with Crippen LogP contribution in [-0.2, 0) is 17.4 Å². The van der Waals surface area contributed by atoms with Crippen LogP contribution in [0.2, 0.25) is 5.15 Å². The van der Waals surface area contributed by atoms with Crippen molar-refractivity contribution in [3.05, 3.63) is 46.9 Å². The third-order valence-electron chi connectivity index (χ3n) is 3.77. The minimum atomic E-state index is -4.56. The quantitative estimate of drug-likeness (QED) is 0.841. The van der Waals surface area contributed by atoms with Crippen LogP contribution in [0.3, 0.4) is 0 Å². The Morgan fingerprint density at radius 3 is 2.83 bits per heavy atom. The molecular weight excluding hydrogens is 345 g/mol. The highest BCUT2D eigenvalue weighted by Crippen LogP contribution is 2.40. The monoisotopic (exact) mass is 356 g/mol. The predicted octanol–water partition coefficient (Wildman–Crippen LogP) is 2.96. The van der Waals surface area contributed by atoms with Gasteiger partial charge in [0.25, 0.3) is 0 Å². The van der Waals surface area contributed by atoms with Gasteiger partial charge in [0, 0.05) is 31.5 Å². The van der Waals surface area contributed by atoms with E-state index in [4.69, 9.17) is 11.6 Å². The lowest BCUT2D eigenvalue weighted by molar-refractivity contribution is -0.137. The average Bonchev–Trinajstić information content (AvgIpc) is 2.92. The van der Waals surface area contributed by atoms with Gasteiger partial charge in [0.15, 0.2) is 0 Å². The van der Waals surface area contributed by atoms with Crippen molar-refractivity contribution < 1.29 is 18.0 Å². The average molecular weight is 357 g/mol. The minimum absolute atomic E-state index is 0.0339. The van der Waals surface area contributed by atoms with Crippen molar-refractivity contribution in [1.29, 1.82) is 0 Å². The number of likely N-dealkylation sites (N-methyl/N-ethyl adjacent to an activating group) is 1. The van der Waals surface area contributed by atoms with Gasteiger partial charge in [-0.3, -0.25) is 9.78 Å². The lowest BCUT2D eigenvalue weighted by atomic mass is 10.1. The van der Waals surface area contributed by atoms with E-state index in [0.29, 0.717) is 12.1 Å². The summed E-state index contributed by atoms with van der Waals surface area (Å²) in [6, 6.07) is 2.55. The molecule has 0 radical (unpaired) electrons. The van der Waals surface area contributed by atoms with Crippen LogP contribution in [0, 0.1) is 0 Å². The Labute approximate surface area is 140 Å². The molecule has 3 heterocycles. The number of fused-ring (bicyclic) bond motifs is 1. The zero-order valence-electron chi connectivity index (χ0n) is 12.4. The van der Waals surface area contributed by atoms with Gasteiger partial charge in [-0.2, -0.15) is 13.2 Å². The van der Waals surface area contributed by atoms with Gasteiger partial charge >= 0.3 is 6.18 Å². The van der Waals surface area contributed by atoms with Crippen LogP contribution < -0.4 is 10.2 Å². The first-order valence-corrected chi connectivity index (χ1v) is 7.37. The van der Waals surface area contributed by atoms with Gasteiger partial charge in [0.05, 0.1) is 5.56 Å². The van der Waals surface area contributed by atoms with E-state index < -0.39 is 17.8 Å². The van der Waals surface area contributed by atoms with Crippen molar-refractivity contribution in [2.24, 2.45) is 0 Å². The van der Waals surface area contributed by atoms with Gasteiger partial charge < -0.3 is 10.2 Å². The van der Waals surface area contributed by atoms with Gasteiger partial charge in [-0.05, 0) is 23.8 Å². The number of carbonyl (C=O) groups excluding carboxylic acids is 1. The summed E-state index contributed by atoms with van der Waals surface area (Å²) in [4.78, 5) is 21.6. The molecule has 1 N–H and O–H groups in total. The van der Waals surface area contributed by atoms with Gasteiger partial charge in [0.2, 0.25) is 5.91 Å². The third-order valence-corrected chi connectivity index (χ3v) is 3.96. The smallest absolute Gasteiger partial charge is 0.357 e. The number of nitrogens with one attached hydrogen (secondary N) is 1.